The van der Waals surface area contributed by atoms with Gasteiger partial charge in [0.15, 0.2) is 0 Å². The number of hydrogen-bond acceptors (Lipinski definition) is 4. The normalized spacial score (nSPS) is 22.9. The standard InChI is InChI=1S/C13H23NO4/c1-4-17-12(15)8-10-5-6-11(7-10)14-13(16)18-9(2)3/h9-11H,4-8H2,1-3H3,(H,14,16). The molecule has 0 aromatic carbocycles. The largest absolute Gasteiger partial charge is 0.466 e. The Morgan fingerprint density at radius 1 is 1.33 bits per heavy atom. The molecule has 104 valence electrons. The van der Waals surface area contributed by atoms with Crippen LogP contribution >= 0.6 is 0 Å². The summed E-state index contributed by atoms with van der Waals surface area (Å²) in [6.45, 7) is 5.86. The minimum atomic E-state index is -0.369. The van der Waals surface area contributed by atoms with Gasteiger partial charge >= 0.3 is 12.1 Å². The smallest absolute Gasteiger partial charge is 0.407 e. The second kappa shape index (κ2) is 7.24. The second-order valence-corrected chi connectivity index (χ2v) is 4.98. The molecule has 1 fully saturated rings. The minimum absolute atomic E-state index is 0.110. The molecule has 0 saturated heterocycles. The lowest BCUT2D eigenvalue weighted by atomic mass is 10.0. The first kappa shape index (κ1) is 14.8. The Kier molecular flexibility index (Phi) is 5.95. The lowest BCUT2D eigenvalue weighted by Gasteiger charge is -2.14. The molecule has 1 aliphatic rings. The van der Waals surface area contributed by atoms with Crippen LogP contribution in [0, 0.1) is 5.92 Å². The Balaban J connectivity index is 2.24. The van der Waals surface area contributed by atoms with Crippen molar-refractivity contribution in [2.45, 2.75) is 58.6 Å². The van der Waals surface area contributed by atoms with E-state index >= 15 is 0 Å². The summed E-state index contributed by atoms with van der Waals surface area (Å²) in [6, 6.07) is 0.121. The zero-order chi connectivity index (χ0) is 13.5. The minimum Gasteiger partial charge on any atom is -0.466 e. The summed E-state index contributed by atoms with van der Waals surface area (Å²) in [5.41, 5.74) is 0. The van der Waals surface area contributed by atoms with E-state index in [4.69, 9.17) is 9.47 Å². The highest BCUT2D eigenvalue weighted by Crippen LogP contribution is 2.28. The van der Waals surface area contributed by atoms with E-state index in [1.54, 1.807) is 6.92 Å². The zero-order valence-electron chi connectivity index (χ0n) is 11.4. The van der Waals surface area contributed by atoms with Crippen molar-refractivity contribution in [3.63, 3.8) is 0 Å². The van der Waals surface area contributed by atoms with Crippen molar-refractivity contribution in [3.8, 4) is 0 Å². The predicted molar refractivity (Wildman–Crippen MR) is 67.1 cm³/mol. The maximum atomic E-state index is 11.4. The van der Waals surface area contributed by atoms with Gasteiger partial charge in [0.2, 0.25) is 0 Å². The van der Waals surface area contributed by atoms with Gasteiger partial charge in [-0.15, -0.1) is 0 Å². The second-order valence-electron chi connectivity index (χ2n) is 4.98. The van der Waals surface area contributed by atoms with Crippen LogP contribution in [-0.4, -0.2) is 30.8 Å². The Morgan fingerprint density at radius 3 is 2.67 bits per heavy atom. The third kappa shape index (κ3) is 5.38. The molecule has 1 rings (SSSR count). The van der Waals surface area contributed by atoms with Crippen LogP contribution in [0.5, 0.6) is 0 Å². The summed E-state index contributed by atoms with van der Waals surface area (Å²) >= 11 is 0. The van der Waals surface area contributed by atoms with Crippen LogP contribution in [0.4, 0.5) is 4.79 Å². The van der Waals surface area contributed by atoms with E-state index < -0.39 is 0 Å². The number of carbonyl (C=O) groups is 2. The van der Waals surface area contributed by atoms with Crippen LogP contribution in [0.1, 0.15) is 46.5 Å². The number of ether oxygens (including phenoxy) is 2. The highest BCUT2D eigenvalue weighted by molar-refractivity contribution is 5.70. The molecule has 0 bridgehead atoms. The van der Waals surface area contributed by atoms with Crippen LogP contribution < -0.4 is 5.32 Å². The van der Waals surface area contributed by atoms with Crippen molar-refractivity contribution in [2.75, 3.05) is 6.61 Å². The number of esters is 1. The summed E-state index contributed by atoms with van der Waals surface area (Å²) < 4.78 is 9.95. The Hall–Kier alpha value is -1.26. The Bertz CT molecular complexity index is 291. The monoisotopic (exact) mass is 257 g/mol. The van der Waals surface area contributed by atoms with Crippen molar-refractivity contribution < 1.29 is 19.1 Å². The van der Waals surface area contributed by atoms with Gasteiger partial charge in [0.25, 0.3) is 0 Å². The van der Waals surface area contributed by atoms with E-state index in [0.29, 0.717) is 18.9 Å². The van der Waals surface area contributed by atoms with Gasteiger partial charge in [-0.25, -0.2) is 4.79 Å². The molecule has 18 heavy (non-hydrogen) atoms. The molecule has 1 N–H and O–H groups in total. The maximum absolute atomic E-state index is 11.4. The molecule has 5 heteroatoms. The van der Waals surface area contributed by atoms with E-state index in [9.17, 15) is 9.59 Å². The number of amides is 1. The Morgan fingerprint density at radius 2 is 2.06 bits per heavy atom. The quantitative estimate of drug-likeness (QED) is 0.767. The molecule has 0 aromatic rings. The molecule has 1 aliphatic carbocycles. The highest BCUT2D eigenvalue weighted by atomic mass is 16.6. The molecule has 1 saturated carbocycles. The molecule has 0 spiro atoms. The summed E-state index contributed by atoms with van der Waals surface area (Å²) in [4.78, 5) is 22.8. The molecule has 2 unspecified atom stereocenters. The van der Waals surface area contributed by atoms with Crippen molar-refractivity contribution in [3.05, 3.63) is 0 Å². The van der Waals surface area contributed by atoms with Gasteiger partial charge in [0.1, 0.15) is 0 Å². The third-order valence-corrected chi connectivity index (χ3v) is 2.97. The van der Waals surface area contributed by atoms with E-state index in [2.05, 4.69) is 5.32 Å². The number of nitrogens with one attached hydrogen (secondary N) is 1. The van der Waals surface area contributed by atoms with E-state index in [-0.39, 0.29) is 24.2 Å². The number of carbonyl (C=O) groups excluding carboxylic acids is 2. The molecule has 1 amide bonds. The highest BCUT2D eigenvalue weighted by Gasteiger charge is 2.28. The number of hydrogen-bond donors (Lipinski definition) is 1. The molecule has 0 radical (unpaired) electrons. The Labute approximate surface area is 108 Å². The molecular weight excluding hydrogens is 234 g/mol. The molecule has 0 aliphatic heterocycles. The fraction of sp³-hybridized carbons (Fsp3) is 0.846. The summed E-state index contributed by atoms with van der Waals surface area (Å²) in [5.74, 6) is 0.168. The van der Waals surface area contributed by atoms with Gasteiger partial charge in [0.05, 0.1) is 12.7 Å². The van der Waals surface area contributed by atoms with Crippen LogP contribution in [0.2, 0.25) is 0 Å². The predicted octanol–water partition coefficient (Wildman–Crippen LogP) is 2.24. The number of rotatable bonds is 5. The van der Waals surface area contributed by atoms with Crippen molar-refractivity contribution in [1.29, 1.82) is 0 Å². The van der Waals surface area contributed by atoms with Crippen molar-refractivity contribution in [1.82, 2.24) is 5.32 Å². The maximum Gasteiger partial charge on any atom is 0.407 e. The van der Waals surface area contributed by atoms with Gasteiger partial charge in [-0.05, 0) is 46.0 Å². The molecular formula is C13H23NO4. The van der Waals surface area contributed by atoms with Gasteiger partial charge in [0, 0.05) is 12.5 Å². The molecule has 2 atom stereocenters. The van der Waals surface area contributed by atoms with Gasteiger partial charge < -0.3 is 14.8 Å². The van der Waals surface area contributed by atoms with E-state index in [1.807, 2.05) is 13.8 Å². The fourth-order valence-electron chi connectivity index (χ4n) is 2.26. The van der Waals surface area contributed by atoms with Crippen molar-refractivity contribution in [2.24, 2.45) is 5.92 Å². The zero-order valence-corrected chi connectivity index (χ0v) is 11.4. The average Bonchev–Trinajstić information content (AvgIpc) is 2.64. The molecule has 0 aromatic heterocycles. The van der Waals surface area contributed by atoms with Crippen molar-refractivity contribution >= 4 is 12.1 Å². The first-order valence-electron chi connectivity index (χ1n) is 6.64. The van der Waals surface area contributed by atoms with Crippen LogP contribution in [-0.2, 0) is 14.3 Å². The van der Waals surface area contributed by atoms with Gasteiger partial charge in [-0.2, -0.15) is 0 Å². The van der Waals surface area contributed by atoms with Crippen LogP contribution in [0.25, 0.3) is 0 Å². The van der Waals surface area contributed by atoms with Gasteiger partial charge in [-0.1, -0.05) is 0 Å². The summed E-state index contributed by atoms with van der Waals surface area (Å²) in [7, 11) is 0. The fourth-order valence-corrected chi connectivity index (χ4v) is 2.26. The molecule has 0 heterocycles. The number of alkyl carbamates (subject to hydrolysis) is 1. The first-order chi connectivity index (χ1) is 8.51. The van der Waals surface area contributed by atoms with Crippen LogP contribution in [0.15, 0.2) is 0 Å². The topological polar surface area (TPSA) is 64.6 Å². The van der Waals surface area contributed by atoms with E-state index in [1.165, 1.54) is 0 Å². The van der Waals surface area contributed by atoms with E-state index in [0.717, 1.165) is 19.3 Å². The first-order valence-corrected chi connectivity index (χ1v) is 6.64. The lowest BCUT2D eigenvalue weighted by Crippen LogP contribution is -2.34. The SMILES string of the molecule is CCOC(=O)CC1CCC(NC(=O)OC(C)C)C1. The lowest BCUT2D eigenvalue weighted by molar-refractivity contribution is -0.144. The van der Waals surface area contributed by atoms with Crippen LogP contribution in [0.3, 0.4) is 0 Å². The molecule has 5 nitrogen and oxygen atoms in total. The third-order valence-electron chi connectivity index (χ3n) is 2.97. The van der Waals surface area contributed by atoms with Gasteiger partial charge in [-0.3, -0.25) is 4.79 Å². The average molecular weight is 257 g/mol. The summed E-state index contributed by atoms with van der Waals surface area (Å²) in [5, 5.41) is 2.83. The summed E-state index contributed by atoms with van der Waals surface area (Å²) in [6.07, 6.45) is 2.65.